The van der Waals surface area contributed by atoms with Crippen LogP contribution in [-0.2, 0) is 0 Å². The quantitative estimate of drug-likeness (QED) is 0.715. The minimum atomic E-state index is -0.490. The Hall–Kier alpha value is -1.06. The zero-order chi connectivity index (χ0) is 12.1. The van der Waals surface area contributed by atoms with Crippen molar-refractivity contribution in [3.8, 4) is 12.1 Å². The lowest BCUT2D eigenvalue weighted by Crippen LogP contribution is -2.22. The van der Waals surface area contributed by atoms with E-state index in [4.69, 9.17) is 10.5 Å². The first-order chi connectivity index (χ1) is 8.28. The predicted octanol–water partition coefficient (Wildman–Crippen LogP) is 2.60. The van der Waals surface area contributed by atoms with E-state index in [1.165, 1.54) is 44.9 Å². The Morgan fingerprint density at radius 3 is 2.59 bits per heavy atom. The first-order valence-corrected chi connectivity index (χ1v) is 6.78. The van der Waals surface area contributed by atoms with Crippen LogP contribution < -0.4 is 5.32 Å². The number of nitrogens with one attached hydrogen (secondary N) is 1. The lowest BCUT2D eigenvalue weighted by molar-refractivity contribution is 0.435. The fourth-order valence-corrected chi connectivity index (χ4v) is 3.09. The fourth-order valence-electron chi connectivity index (χ4n) is 3.09. The summed E-state index contributed by atoms with van der Waals surface area (Å²) in [7, 11) is 0. The molecule has 0 saturated heterocycles. The van der Waals surface area contributed by atoms with E-state index in [9.17, 15) is 0 Å². The monoisotopic (exact) mass is 231 g/mol. The van der Waals surface area contributed by atoms with E-state index >= 15 is 0 Å². The van der Waals surface area contributed by atoms with E-state index < -0.39 is 5.92 Å². The van der Waals surface area contributed by atoms with Crippen LogP contribution in [0.25, 0.3) is 0 Å². The van der Waals surface area contributed by atoms with Crippen LogP contribution in [0.15, 0.2) is 0 Å². The molecule has 0 aromatic carbocycles. The molecule has 17 heavy (non-hydrogen) atoms. The van der Waals surface area contributed by atoms with Crippen molar-refractivity contribution in [2.24, 2.45) is 17.3 Å². The molecule has 0 aromatic heterocycles. The minimum absolute atomic E-state index is 0.490. The van der Waals surface area contributed by atoms with Gasteiger partial charge in [0.05, 0.1) is 12.1 Å². The van der Waals surface area contributed by atoms with Crippen molar-refractivity contribution >= 4 is 0 Å². The second-order valence-electron chi connectivity index (χ2n) is 5.77. The van der Waals surface area contributed by atoms with Gasteiger partial charge in [-0.1, -0.05) is 0 Å². The third-order valence-corrected chi connectivity index (χ3v) is 4.39. The Morgan fingerprint density at radius 2 is 2.00 bits per heavy atom. The second kappa shape index (κ2) is 5.52. The van der Waals surface area contributed by atoms with Crippen LogP contribution in [-0.4, -0.2) is 13.1 Å². The molecule has 2 fully saturated rings. The highest BCUT2D eigenvalue weighted by Gasteiger charge is 2.47. The van der Waals surface area contributed by atoms with Gasteiger partial charge in [-0.05, 0) is 62.8 Å². The van der Waals surface area contributed by atoms with Gasteiger partial charge in [0.25, 0.3) is 0 Å². The molecule has 1 unspecified atom stereocenters. The van der Waals surface area contributed by atoms with Crippen molar-refractivity contribution < 1.29 is 0 Å². The third-order valence-electron chi connectivity index (χ3n) is 4.39. The Kier molecular flexibility index (Phi) is 4.02. The van der Waals surface area contributed by atoms with Crippen molar-refractivity contribution in [1.82, 2.24) is 5.32 Å². The second-order valence-corrected chi connectivity index (χ2v) is 5.77. The van der Waals surface area contributed by atoms with Crippen molar-refractivity contribution in [3.05, 3.63) is 0 Å². The molecular formula is C14H21N3. The van der Waals surface area contributed by atoms with Crippen LogP contribution in [0.4, 0.5) is 0 Å². The number of hydrogen-bond donors (Lipinski definition) is 1. The zero-order valence-electron chi connectivity index (χ0n) is 10.4. The van der Waals surface area contributed by atoms with Crippen LogP contribution in [0, 0.1) is 39.9 Å². The van der Waals surface area contributed by atoms with Gasteiger partial charge in [0.2, 0.25) is 0 Å². The molecule has 0 heterocycles. The van der Waals surface area contributed by atoms with Gasteiger partial charge < -0.3 is 5.32 Å². The smallest absolute Gasteiger partial charge is 0.145 e. The van der Waals surface area contributed by atoms with Gasteiger partial charge in [0, 0.05) is 6.54 Å². The molecule has 0 bridgehead atoms. The van der Waals surface area contributed by atoms with Crippen LogP contribution >= 0.6 is 0 Å². The first-order valence-electron chi connectivity index (χ1n) is 6.78. The molecule has 3 nitrogen and oxygen atoms in total. The number of rotatable bonds is 6. The molecule has 2 saturated carbocycles. The summed E-state index contributed by atoms with van der Waals surface area (Å²) in [5.74, 6) is 0.457. The highest BCUT2D eigenvalue weighted by molar-refractivity contribution is 5.00. The van der Waals surface area contributed by atoms with Crippen molar-refractivity contribution in [2.45, 2.75) is 44.9 Å². The summed E-state index contributed by atoms with van der Waals surface area (Å²) < 4.78 is 0. The zero-order valence-corrected chi connectivity index (χ0v) is 10.4. The molecule has 0 radical (unpaired) electrons. The lowest BCUT2D eigenvalue weighted by atomic mass is 9.98. The van der Waals surface area contributed by atoms with Crippen LogP contribution in [0.1, 0.15) is 44.9 Å². The van der Waals surface area contributed by atoms with Crippen LogP contribution in [0.3, 0.4) is 0 Å². The third kappa shape index (κ3) is 3.45. The van der Waals surface area contributed by atoms with Crippen molar-refractivity contribution in [3.63, 3.8) is 0 Å². The maximum atomic E-state index is 8.61. The summed E-state index contributed by atoms with van der Waals surface area (Å²) in [6.07, 6.45) is 9.82. The lowest BCUT2D eigenvalue weighted by Gasteiger charge is -2.10. The summed E-state index contributed by atoms with van der Waals surface area (Å²) in [6.45, 7) is 1.46. The molecular weight excluding hydrogens is 210 g/mol. The topological polar surface area (TPSA) is 59.6 Å². The Balaban J connectivity index is 1.50. The molecule has 2 aliphatic rings. The van der Waals surface area contributed by atoms with E-state index in [0.29, 0.717) is 6.54 Å². The molecule has 0 aliphatic heterocycles. The van der Waals surface area contributed by atoms with Gasteiger partial charge in [0.1, 0.15) is 5.92 Å². The van der Waals surface area contributed by atoms with E-state index in [1.807, 2.05) is 12.1 Å². The standard InChI is InChI=1S/C14H21N3/c15-9-13(10-16)11-17-7-1-2-12-3-4-14(8-12)5-6-14/h12-13,17H,1-8,11H2. The van der Waals surface area contributed by atoms with Gasteiger partial charge in [-0.25, -0.2) is 0 Å². The number of hydrogen-bond acceptors (Lipinski definition) is 3. The molecule has 1 spiro atoms. The molecule has 1 atom stereocenters. The summed E-state index contributed by atoms with van der Waals surface area (Å²) >= 11 is 0. The van der Waals surface area contributed by atoms with E-state index in [2.05, 4.69) is 5.32 Å². The number of nitrogens with zero attached hydrogens (tertiary/aromatic N) is 2. The highest BCUT2D eigenvalue weighted by Crippen LogP contribution is 2.60. The largest absolute Gasteiger partial charge is 0.314 e. The number of nitriles is 2. The molecule has 1 N–H and O–H groups in total. The molecule has 92 valence electrons. The van der Waals surface area contributed by atoms with Gasteiger partial charge in [-0.15, -0.1) is 0 Å². The van der Waals surface area contributed by atoms with Gasteiger partial charge in [0.15, 0.2) is 0 Å². The van der Waals surface area contributed by atoms with Crippen molar-refractivity contribution in [2.75, 3.05) is 13.1 Å². The maximum absolute atomic E-state index is 8.61. The Bertz CT molecular complexity index is 318. The molecule has 2 rings (SSSR count). The molecule has 0 amide bonds. The summed E-state index contributed by atoms with van der Waals surface area (Å²) in [4.78, 5) is 0. The summed E-state index contributed by atoms with van der Waals surface area (Å²) in [6, 6.07) is 3.96. The molecule has 2 aliphatic carbocycles. The summed E-state index contributed by atoms with van der Waals surface area (Å²) in [5.41, 5.74) is 0.796. The van der Waals surface area contributed by atoms with Gasteiger partial charge in [-0.3, -0.25) is 0 Å². The molecule has 3 heteroatoms. The minimum Gasteiger partial charge on any atom is -0.314 e. The van der Waals surface area contributed by atoms with E-state index in [1.54, 1.807) is 0 Å². The van der Waals surface area contributed by atoms with Crippen molar-refractivity contribution in [1.29, 1.82) is 10.5 Å². The Morgan fingerprint density at radius 1 is 1.24 bits per heavy atom. The predicted molar refractivity (Wildman–Crippen MR) is 65.8 cm³/mol. The van der Waals surface area contributed by atoms with Crippen LogP contribution in [0.5, 0.6) is 0 Å². The van der Waals surface area contributed by atoms with E-state index in [0.717, 1.165) is 17.9 Å². The normalized spacial score (nSPS) is 24.8. The Labute approximate surface area is 104 Å². The van der Waals surface area contributed by atoms with Gasteiger partial charge >= 0.3 is 0 Å². The van der Waals surface area contributed by atoms with Crippen LogP contribution in [0.2, 0.25) is 0 Å². The molecule has 0 aromatic rings. The fraction of sp³-hybridized carbons (Fsp3) is 0.857. The highest BCUT2D eigenvalue weighted by atomic mass is 14.9. The average molecular weight is 231 g/mol. The summed E-state index contributed by atoms with van der Waals surface area (Å²) in [5, 5.41) is 20.4. The van der Waals surface area contributed by atoms with Gasteiger partial charge in [-0.2, -0.15) is 10.5 Å². The van der Waals surface area contributed by atoms with E-state index in [-0.39, 0.29) is 0 Å². The first kappa shape index (κ1) is 12.4. The average Bonchev–Trinajstić information content (AvgIpc) is 2.97. The SMILES string of the molecule is N#CC(C#N)CNCCCC1CCC2(CC2)C1. The maximum Gasteiger partial charge on any atom is 0.145 e.